The average Bonchev–Trinajstić information content (AvgIpc) is 3.14. The summed E-state index contributed by atoms with van der Waals surface area (Å²) in [7, 11) is 0. The highest BCUT2D eigenvalue weighted by Gasteiger charge is 2.49. The summed E-state index contributed by atoms with van der Waals surface area (Å²) in [5.74, 6) is -0.736. The maximum atomic E-state index is 11.8. The van der Waals surface area contributed by atoms with Gasteiger partial charge in [-0.3, -0.25) is 4.79 Å². The number of esters is 1. The van der Waals surface area contributed by atoms with Crippen LogP contribution in [0.4, 0.5) is 0 Å². The largest absolute Gasteiger partial charge is 0.457 e. The Bertz CT molecular complexity index is 944. The fraction of sp³-hybridized carbons (Fsp3) is 0.974. The van der Waals surface area contributed by atoms with Crippen LogP contribution in [0, 0.1) is 0 Å². The summed E-state index contributed by atoms with van der Waals surface area (Å²) in [4.78, 5) is 11.8. The number of hydrogen-bond acceptors (Lipinski definition) is 14. The van der Waals surface area contributed by atoms with Crippen LogP contribution in [0.3, 0.4) is 0 Å². The molecule has 53 heavy (non-hydrogen) atoms. The minimum Gasteiger partial charge on any atom is -0.457 e. The lowest BCUT2D eigenvalue weighted by Gasteiger charge is -2.44. The zero-order valence-corrected chi connectivity index (χ0v) is 32.3. The lowest BCUT2D eigenvalue weighted by Crippen LogP contribution is -2.62. The molecule has 0 aromatic carbocycles. The van der Waals surface area contributed by atoms with E-state index < -0.39 is 79.8 Å². The van der Waals surface area contributed by atoms with E-state index in [0.717, 1.165) is 26.2 Å². The molecule has 6 N–H and O–H groups in total. The highest BCUT2D eigenvalue weighted by atomic mass is 16.8. The molecule has 0 radical (unpaired) electrons. The summed E-state index contributed by atoms with van der Waals surface area (Å²) in [6.07, 6.45) is 9.75. The van der Waals surface area contributed by atoms with Gasteiger partial charge in [-0.05, 0) is 6.42 Å². The smallest absolute Gasteiger partial charge is 0.303 e. The molecule has 0 amide bonds. The Morgan fingerprint density at radius 2 is 0.925 bits per heavy atom. The summed E-state index contributed by atoms with van der Waals surface area (Å²) in [5, 5.41) is 62.3. The first-order valence-electron chi connectivity index (χ1n) is 20.7. The Labute approximate surface area is 316 Å². The van der Waals surface area contributed by atoms with Crippen molar-refractivity contribution in [2.45, 2.75) is 216 Å². The van der Waals surface area contributed by atoms with Gasteiger partial charge in [0.15, 0.2) is 25.0 Å². The van der Waals surface area contributed by atoms with E-state index in [4.69, 9.17) is 33.2 Å². The molecular weight excluding hydrogens is 692 g/mol. The molecule has 0 spiro atoms. The molecule has 0 aliphatic carbocycles. The molecule has 3 aliphatic heterocycles. The molecule has 3 heterocycles. The summed E-state index contributed by atoms with van der Waals surface area (Å²) in [6.45, 7) is 3.03. The summed E-state index contributed by atoms with van der Waals surface area (Å²) < 4.78 is 38.9. The third-order valence-corrected chi connectivity index (χ3v) is 10.5. The molecule has 14 heteroatoms. The fourth-order valence-electron chi connectivity index (χ4n) is 7.17. The lowest BCUT2D eigenvalue weighted by atomic mass is 10.0. The number of aliphatic hydroxyl groups excluding tert-OH is 6. The Hall–Kier alpha value is -1.01. The predicted molar refractivity (Wildman–Crippen MR) is 195 cm³/mol. The second kappa shape index (κ2) is 26.8. The van der Waals surface area contributed by atoms with Gasteiger partial charge in [0.2, 0.25) is 0 Å². The van der Waals surface area contributed by atoms with Gasteiger partial charge in [0.1, 0.15) is 48.8 Å². The van der Waals surface area contributed by atoms with Gasteiger partial charge < -0.3 is 63.8 Å². The zero-order chi connectivity index (χ0) is 38.4. The van der Waals surface area contributed by atoms with Gasteiger partial charge in [-0.15, -0.1) is 0 Å². The summed E-state index contributed by atoms with van der Waals surface area (Å²) >= 11 is 0. The van der Waals surface area contributed by atoms with Crippen LogP contribution in [0.1, 0.15) is 142 Å². The van der Waals surface area contributed by atoms with Gasteiger partial charge in [-0.25, -0.2) is 0 Å². The highest BCUT2D eigenvalue weighted by Crippen LogP contribution is 2.29. The number of unbranched alkanes of at least 4 members (excludes halogenated alkanes) is 19. The maximum Gasteiger partial charge on any atom is 0.303 e. The van der Waals surface area contributed by atoms with Crippen LogP contribution >= 0.6 is 0 Å². The fourth-order valence-corrected chi connectivity index (χ4v) is 7.17. The number of ether oxygens (including phenoxy) is 7. The third-order valence-electron chi connectivity index (χ3n) is 10.5. The first-order chi connectivity index (χ1) is 25.6. The SMILES string of the molecule is CCCCCCCCCCCCCCCCCCCCCCO[C@H]1OC[C@H](O[C@H]2OC[C@H](O[C@H]3OC[C@H](O)[C@H](O)[C@H]3O)[C@H](OC(C)=O)[C@H]2O)[C@H](O)[C@H]1O. The summed E-state index contributed by atoms with van der Waals surface area (Å²) in [6, 6.07) is 0. The number of hydrogen-bond donors (Lipinski definition) is 6. The third kappa shape index (κ3) is 16.9. The van der Waals surface area contributed by atoms with E-state index in [1.807, 2.05) is 0 Å². The van der Waals surface area contributed by atoms with Crippen LogP contribution < -0.4 is 0 Å². The van der Waals surface area contributed by atoms with Crippen LogP contribution in [0.15, 0.2) is 0 Å². The van der Waals surface area contributed by atoms with E-state index in [0.29, 0.717) is 6.61 Å². The molecule has 0 saturated carbocycles. The van der Waals surface area contributed by atoms with Crippen molar-refractivity contribution in [3.63, 3.8) is 0 Å². The molecule has 312 valence electrons. The predicted octanol–water partition coefficient (Wildman–Crippen LogP) is 3.76. The van der Waals surface area contributed by atoms with Gasteiger partial charge >= 0.3 is 5.97 Å². The standard InChI is InChI=1S/C39H72O14/c1-3-4-5-6-7-8-9-10-11-12-13-14-15-16-17-18-19-20-21-22-23-47-37-34(45)32(43)29(25-49-37)52-39-35(46)36(51-27(2)40)30(26-50-39)53-38-33(44)31(42)28(41)24-48-38/h28-39,41-46H,3-26H2,1-2H3/t28-,29-,30-,31-,32-,33+,34+,35+,36-,37-,38+,39+/m0/s1. The normalized spacial score (nSPS) is 33.6. The quantitative estimate of drug-likeness (QED) is 0.0521. The van der Waals surface area contributed by atoms with Gasteiger partial charge in [0.25, 0.3) is 0 Å². The van der Waals surface area contributed by atoms with Crippen molar-refractivity contribution in [3.8, 4) is 0 Å². The molecule has 3 saturated heterocycles. The Morgan fingerprint density at radius 1 is 0.509 bits per heavy atom. The molecule has 3 fully saturated rings. The molecule has 14 nitrogen and oxygen atoms in total. The van der Waals surface area contributed by atoms with Gasteiger partial charge in [-0.1, -0.05) is 129 Å². The van der Waals surface area contributed by atoms with Crippen LogP contribution in [0.25, 0.3) is 0 Å². The molecule has 12 atom stereocenters. The van der Waals surface area contributed by atoms with Crippen LogP contribution in [-0.4, -0.2) is 137 Å². The maximum absolute atomic E-state index is 11.8. The molecule has 0 aromatic rings. The van der Waals surface area contributed by atoms with Crippen LogP contribution in [-0.2, 0) is 38.0 Å². The number of carbonyl (C=O) groups is 1. The van der Waals surface area contributed by atoms with Crippen LogP contribution in [0.2, 0.25) is 0 Å². The number of rotatable bonds is 27. The second-order valence-corrected chi connectivity index (χ2v) is 15.1. The molecule has 3 rings (SSSR count). The Morgan fingerprint density at radius 3 is 1.45 bits per heavy atom. The molecule has 3 aliphatic rings. The highest BCUT2D eigenvalue weighted by molar-refractivity contribution is 5.66. The van der Waals surface area contributed by atoms with Crippen molar-refractivity contribution in [1.82, 2.24) is 0 Å². The van der Waals surface area contributed by atoms with Crippen molar-refractivity contribution in [2.24, 2.45) is 0 Å². The van der Waals surface area contributed by atoms with Gasteiger partial charge in [0, 0.05) is 13.5 Å². The van der Waals surface area contributed by atoms with E-state index in [1.165, 1.54) is 109 Å². The van der Waals surface area contributed by atoms with Crippen molar-refractivity contribution in [3.05, 3.63) is 0 Å². The monoisotopic (exact) mass is 764 g/mol. The van der Waals surface area contributed by atoms with E-state index in [1.54, 1.807) is 0 Å². The van der Waals surface area contributed by atoms with E-state index in [-0.39, 0.29) is 19.8 Å². The molecule has 0 aromatic heterocycles. The molecule has 0 bridgehead atoms. The van der Waals surface area contributed by atoms with Crippen molar-refractivity contribution >= 4 is 5.97 Å². The zero-order valence-electron chi connectivity index (χ0n) is 32.3. The molecule has 0 unspecified atom stereocenters. The Kier molecular flexibility index (Phi) is 23.4. The van der Waals surface area contributed by atoms with Crippen molar-refractivity contribution < 1.29 is 68.6 Å². The summed E-state index contributed by atoms with van der Waals surface area (Å²) in [5.41, 5.74) is 0. The first kappa shape index (κ1) is 46.4. The number of carbonyl (C=O) groups excluding carboxylic acids is 1. The molecular formula is C39H72O14. The topological polar surface area (TPSA) is 203 Å². The van der Waals surface area contributed by atoms with E-state index in [9.17, 15) is 35.4 Å². The minimum atomic E-state index is -1.61. The van der Waals surface area contributed by atoms with Gasteiger partial charge in [0.05, 0.1) is 19.8 Å². The van der Waals surface area contributed by atoms with E-state index in [2.05, 4.69) is 6.92 Å². The van der Waals surface area contributed by atoms with Crippen molar-refractivity contribution in [2.75, 3.05) is 26.4 Å². The first-order valence-corrected chi connectivity index (χ1v) is 20.7. The Balaban J connectivity index is 1.21. The average molecular weight is 765 g/mol. The second-order valence-electron chi connectivity index (χ2n) is 15.1. The van der Waals surface area contributed by atoms with Crippen LogP contribution in [0.5, 0.6) is 0 Å². The minimum absolute atomic E-state index is 0.158. The van der Waals surface area contributed by atoms with Crippen molar-refractivity contribution in [1.29, 1.82) is 0 Å². The lowest BCUT2D eigenvalue weighted by molar-refractivity contribution is -0.349. The van der Waals surface area contributed by atoms with E-state index >= 15 is 0 Å². The van der Waals surface area contributed by atoms with Gasteiger partial charge in [-0.2, -0.15) is 0 Å². The number of aliphatic hydroxyl groups is 6.